The predicted molar refractivity (Wildman–Crippen MR) is 97.1 cm³/mol. The largest absolute Gasteiger partial charge is 0.378 e. The summed E-state index contributed by atoms with van der Waals surface area (Å²) in [4.78, 5) is 11.6. The van der Waals surface area contributed by atoms with E-state index in [9.17, 15) is 4.79 Å². The molecule has 0 saturated heterocycles. The topological polar surface area (TPSA) is 75.6 Å². The van der Waals surface area contributed by atoms with Gasteiger partial charge in [0.15, 0.2) is 0 Å². The summed E-state index contributed by atoms with van der Waals surface area (Å²) in [6.45, 7) is 5.38. The van der Waals surface area contributed by atoms with Gasteiger partial charge in [-0.1, -0.05) is 30.3 Å². The van der Waals surface area contributed by atoms with Gasteiger partial charge in [0, 0.05) is 17.8 Å². The second-order valence-corrected chi connectivity index (χ2v) is 6.37. The average molecular weight is 388 g/mol. The molecule has 2 aromatic heterocycles. The summed E-state index contributed by atoms with van der Waals surface area (Å²) in [6, 6.07) is 10.2. The third-order valence-corrected chi connectivity index (χ3v) is 4.74. The average Bonchev–Trinajstić information content (AvgIpc) is 2.84. The van der Waals surface area contributed by atoms with E-state index in [1.165, 1.54) is 5.56 Å². The first-order valence-electron chi connectivity index (χ1n) is 7.60. The number of nitrogens with one attached hydrogen (secondary N) is 2. The van der Waals surface area contributed by atoms with Gasteiger partial charge in [0.2, 0.25) is 0 Å². The lowest BCUT2D eigenvalue weighted by atomic mass is 10.2. The molecule has 0 aliphatic carbocycles. The summed E-state index contributed by atoms with van der Waals surface area (Å²) in [7, 11) is 0. The third kappa shape index (κ3) is 3.41. The van der Waals surface area contributed by atoms with Crippen molar-refractivity contribution in [2.75, 3.05) is 5.32 Å². The van der Waals surface area contributed by atoms with E-state index < -0.39 is 0 Å². The highest BCUT2D eigenvalue weighted by molar-refractivity contribution is 9.10. The molecule has 2 N–H and O–H groups in total. The number of nitrogens with zero attached hydrogens (tertiary/aromatic N) is 3. The number of aromatic nitrogens is 4. The van der Waals surface area contributed by atoms with Crippen LogP contribution in [0.5, 0.6) is 0 Å². The first-order chi connectivity index (χ1) is 11.6. The molecule has 0 radical (unpaired) electrons. The number of benzene rings is 1. The maximum atomic E-state index is 11.6. The fourth-order valence-electron chi connectivity index (χ4n) is 2.59. The van der Waals surface area contributed by atoms with E-state index >= 15 is 0 Å². The van der Waals surface area contributed by atoms with Crippen molar-refractivity contribution in [3.8, 4) is 0 Å². The highest BCUT2D eigenvalue weighted by Crippen LogP contribution is 2.20. The Morgan fingerprint density at radius 2 is 2.00 bits per heavy atom. The summed E-state index contributed by atoms with van der Waals surface area (Å²) < 4.78 is 2.46. The van der Waals surface area contributed by atoms with Gasteiger partial charge in [0.25, 0.3) is 5.56 Å². The Bertz CT molecular complexity index is 901. The fraction of sp³-hybridized carbons (Fsp3) is 0.235. The van der Waals surface area contributed by atoms with Crippen LogP contribution in [0.3, 0.4) is 0 Å². The highest BCUT2D eigenvalue weighted by atomic mass is 79.9. The molecule has 6 nitrogen and oxygen atoms in total. The molecule has 1 aromatic carbocycles. The summed E-state index contributed by atoms with van der Waals surface area (Å²) in [5.41, 5.74) is 4.83. The van der Waals surface area contributed by atoms with Gasteiger partial charge < -0.3 is 5.32 Å². The lowest BCUT2D eigenvalue weighted by Gasteiger charge is -2.08. The van der Waals surface area contributed by atoms with Crippen molar-refractivity contribution in [3.63, 3.8) is 0 Å². The molecule has 3 aromatic rings. The molecule has 0 unspecified atom stereocenters. The molecule has 0 aliphatic heterocycles. The van der Waals surface area contributed by atoms with Crippen LogP contribution < -0.4 is 10.9 Å². The zero-order valence-corrected chi connectivity index (χ0v) is 15.1. The molecular formula is C17H18BrN5O. The number of aromatic amines is 1. The molecular weight excluding hydrogens is 370 g/mol. The van der Waals surface area contributed by atoms with Crippen LogP contribution in [0.2, 0.25) is 0 Å². The molecule has 24 heavy (non-hydrogen) atoms. The summed E-state index contributed by atoms with van der Waals surface area (Å²) >= 11 is 3.27. The second-order valence-electron chi connectivity index (χ2n) is 5.57. The lowest BCUT2D eigenvalue weighted by molar-refractivity contribution is 0.658. The lowest BCUT2D eigenvalue weighted by Crippen LogP contribution is -2.12. The number of anilines is 1. The van der Waals surface area contributed by atoms with E-state index in [1.807, 2.05) is 29.8 Å². The highest BCUT2D eigenvalue weighted by Gasteiger charge is 2.13. The second kappa shape index (κ2) is 7.00. The van der Waals surface area contributed by atoms with Crippen LogP contribution in [0.1, 0.15) is 22.5 Å². The minimum absolute atomic E-state index is 0.256. The monoisotopic (exact) mass is 387 g/mol. The van der Waals surface area contributed by atoms with Gasteiger partial charge in [-0.05, 0) is 35.3 Å². The number of H-pyrrole nitrogens is 1. The molecule has 0 bridgehead atoms. The summed E-state index contributed by atoms with van der Waals surface area (Å²) in [5.74, 6) is 0. The molecule has 124 valence electrons. The first kappa shape index (κ1) is 16.4. The molecule has 0 aliphatic rings. The van der Waals surface area contributed by atoms with Crippen molar-refractivity contribution in [2.45, 2.75) is 26.9 Å². The zero-order chi connectivity index (χ0) is 17.1. The molecule has 0 saturated carbocycles. The van der Waals surface area contributed by atoms with Crippen molar-refractivity contribution in [1.29, 1.82) is 0 Å². The minimum Gasteiger partial charge on any atom is -0.378 e. The van der Waals surface area contributed by atoms with E-state index in [1.54, 1.807) is 6.20 Å². The fourth-order valence-corrected chi connectivity index (χ4v) is 2.92. The van der Waals surface area contributed by atoms with Crippen molar-refractivity contribution >= 4 is 21.6 Å². The Hall–Kier alpha value is -2.41. The Balaban J connectivity index is 1.79. The van der Waals surface area contributed by atoms with Crippen molar-refractivity contribution in [2.24, 2.45) is 0 Å². The number of rotatable bonds is 5. The van der Waals surface area contributed by atoms with Gasteiger partial charge in [-0.15, -0.1) is 0 Å². The molecule has 7 heteroatoms. The number of hydrogen-bond acceptors (Lipinski definition) is 4. The molecule has 0 atom stereocenters. The van der Waals surface area contributed by atoms with Crippen molar-refractivity contribution in [1.82, 2.24) is 20.0 Å². The van der Waals surface area contributed by atoms with Crippen LogP contribution in [0.15, 0.2) is 45.8 Å². The Morgan fingerprint density at radius 1 is 1.25 bits per heavy atom. The molecule has 0 fully saturated rings. The van der Waals surface area contributed by atoms with E-state index in [0.717, 1.165) is 23.5 Å². The van der Waals surface area contributed by atoms with Crippen LogP contribution in [0, 0.1) is 13.8 Å². The van der Waals surface area contributed by atoms with Crippen molar-refractivity contribution < 1.29 is 0 Å². The first-order valence-corrected chi connectivity index (χ1v) is 8.39. The van der Waals surface area contributed by atoms with Crippen LogP contribution in [-0.4, -0.2) is 20.0 Å². The normalized spacial score (nSPS) is 10.8. The van der Waals surface area contributed by atoms with Crippen molar-refractivity contribution in [3.05, 3.63) is 73.9 Å². The predicted octanol–water partition coefficient (Wildman–Crippen LogP) is 3.01. The molecule has 3 rings (SSSR count). The van der Waals surface area contributed by atoms with Gasteiger partial charge in [-0.25, -0.2) is 5.10 Å². The van der Waals surface area contributed by atoms with E-state index in [2.05, 4.69) is 55.6 Å². The SMILES string of the molecule is Cc1nn(Cc2ccccc2)c(C)c1CNc1cn[nH]c(=O)c1Br. The number of halogens is 1. The number of aryl methyl sites for hydroxylation is 1. The quantitative estimate of drug-likeness (QED) is 0.705. The van der Waals surface area contributed by atoms with E-state index in [0.29, 0.717) is 16.7 Å². The Labute approximate surface area is 148 Å². The van der Waals surface area contributed by atoms with Gasteiger partial charge in [-0.3, -0.25) is 9.48 Å². The van der Waals surface area contributed by atoms with Gasteiger partial charge in [-0.2, -0.15) is 10.2 Å². The zero-order valence-electron chi connectivity index (χ0n) is 13.5. The van der Waals surface area contributed by atoms with Crippen LogP contribution in [0.25, 0.3) is 0 Å². The van der Waals surface area contributed by atoms with Crippen LogP contribution in [-0.2, 0) is 13.1 Å². The molecule has 2 heterocycles. The maximum Gasteiger partial charge on any atom is 0.280 e. The Morgan fingerprint density at radius 3 is 2.75 bits per heavy atom. The summed E-state index contributed by atoms with van der Waals surface area (Å²) in [6.07, 6.45) is 1.59. The Kier molecular flexibility index (Phi) is 4.80. The third-order valence-electron chi connectivity index (χ3n) is 3.96. The molecule has 0 amide bonds. The van der Waals surface area contributed by atoms with E-state index in [4.69, 9.17) is 0 Å². The maximum absolute atomic E-state index is 11.6. The molecule has 0 spiro atoms. The van der Waals surface area contributed by atoms with Gasteiger partial charge in [0.05, 0.1) is 24.1 Å². The minimum atomic E-state index is -0.256. The van der Waals surface area contributed by atoms with Crippen LogP contribution in [0.4, 0.5) is 5.69 Å². The standard InChI is InChI=1S/C17H18BrN5O/c1-11-14(8-19-15-9-20-21-17(24)16(15)18)12(2)23(22-11)10-13-6-4-3-5-7-13/h3-7,9H,8,10H2,1-2H3,(H2,19,21,24). The van der Waals surface area contributed by atoms with E-state index in [-0.39, 0.29) is 5.56 Å². The summed E-state index contributed by atoms with van der Waals surface area (Å²) in [5, 5.41) is 14.1. The van der Waals surface area contributed by atoms with Crippen LogP contribution >= 0.6 is 15.9 Å². The van der Waals surface area contributed by atoms with Gasteiger partial charge >= 0.3 is 0 Å². The van der Waals surface area contributed by atoms with Gasteiger partial charge in [0.1, 0.15) is 4.47 Å². The number of hydrogen-bond donors (Lipinski definition) is 2. The smallest absolute Gasteiger partial charge is 0.280 e.